The molecule has 0 saturated carbocycles. The number of hydrogen-bond acceptors (Lipinski definition) is 11. The van der Waals surface area contributed by atoms with E-state index < -0.39 is 103 Å². The number of benzene rings is 2. The number of nitrogens with one attached hydrogen (secondary N) is 6. The number of fused-ring (bicyclic) bond motifs is 1. The number of rotatable bonds is 25. The standard InChI is InChI=1S/C45H63N11O11/c1-24(2)20-33(40(62)51-25(3)44(66)67)54-39(61)32(16-17-37(58)59)52-42(64)36-11-7-19-56(36)43(65)35(21-26-12-14-28(57)15-13-26)55-41(63)34(22-27-23-50-31-10-5-4-8-29(27)31)53-38(60)30(46)9-6-18-49-45(47)48/h4-5,8,10,12-15,23-25,30,32-36,50,57H,6-7,9,11,16-22,46H2,1-3H3,(H,51,62)(H,52,64)(H,53,60)(H,54,61)(H,55,63)(H,58,59)(H,66,67)(H4,47,48,49)/t25-,30-,32-,33-,34-,35-,36-/m0/s1. The van der Waals surface area contributed by atoms with E-state index in [4.69, 9.17) is 17.2 Å². The average Bonchev–Trinajstić information content (AvgIpc) is 3.94. The first-order chi connectivity index (χ1) is 31.7. The van der Waals surface area contributed by atoms with Crippen molar-refractivity contribution in [1.82, 2.24) is 36.5 Å². The Bertz CT molecular complexity index is 2260. The summed E-state index contributed by atoms with van der Waals surface area (Å²) in [7, 11) is 0. The van der Waals surface area contributed by atoms with Crippen molar-refractivity contribution in [2.24, 2.45) is 28.1 Å². The van der Waals surface area contributed by atoms with E-state index in [2.05, 4.69) is 36.6 Å². The second-order valence-corrected chi connectivity index (χ2v) is 17.1. The zero-order valence-electron chi connectivity index (χ0n) is 37.8. The predicted octanol–water partition coefficient (Wildman–Crippen LogP) is -0.530. The topological polar surface area (TPSA) is 367 Å². The Morgan fingerprint density at radius 3 is 2.09 bits per heavy atom. The molecule has 67 heavy (non-hydrogen) atoms. The molecule has 22 nitrogen and oxygen atoms in total. The van der Waals surface area contributed by atoms with Crippen LogP contribution in [0.1, 0.15) is 76.8 Å². The summed E-state index contributed by atoms with van der Waals surface area (Å²) >= 11 is 0. The Morgan fingerprint density at radius 1 is 0.791 bits per heavy atom. The van der Waals surface area contributed by atoms with Gasteiger partial charge in [0.1, 0.15) is 42.0 Å². The van der Waals surface area contributed by atoms with Crippen LogP contribution in [0.15, 0.2) is 59.7 Å². The van der Waals surface area contributed by atoms with Crippen molar-refractivity contribution in [3.05, 3.63) is 65.9 Å². The zero-order chi connectivity index (χ0) is 49.4. The molecule has 4 rings (SSSR count). The Balaban J connectivity index is 1.61. The summed E-state index contributed by atoms with van der Waals surface area (Å²) in [5.41, 5.74) is 19.0. The van der Waals surface area contributed by atoms with E-state index in [1.807, 2.05) is 24.3 Å². The number of para-hydroxylation sites is 1. The van der Waals surface area contributed by atoms with Crippen molar-refractivity contribution in [1.29, 1.82) is 0 Å². The molecule has 2 heterocycles. The van der Waals surface area contributed by atoms with Crippen molar-refractivity contribution < 1.29 is 53.7 Å². The van der Waals surface area contributed by atoms with Gasteiger partial charge in [0.15, 0.2) is 5.96 Å². The number of carboxylic acid groups (broad SMARTS) is 2. The van der Waals surface area contributed by atoms with E-state index >= 15 is 0 Å². The van der Waals surface area contributed by atoms with Gasteiger partial charge in [-0.2, -0.15) is 0 Å². The highest BCUT2D eigenvalue weighted by atomic mass is 16.4. The molecule has 0 bridgehead atoms. The third-order valence-electron chi connectivity index (χ3n) is 11.2. The molecule has 0 unspecified atom stereocenters. The molecule has 1 saturated heterocycles. The van der Waals surface area contributed by atoms with Gasteiger partial charge in [-0.3, -0.25) is 43.3 Å². The van der Waals surface area contributed by atoms with Crippen LogP contribution < -0.4 is 43.8 Å². The molecule has 1 fully saturated rings. The van der Waals surface area contributed by atoms with E-state index in [0.29, 0.717) is 24.0 Å². The number of phenolic OH excluding ortho intramolecular Hbond substituents is 1. The molecular formula is C45H63N11O11. The number of aromatic amines is 1. The van der Waals surface area contributed by atoms with Crippen molar-refractivity contribution in [3.63, 3.8) is 0 Å². The minimum Gasteiger partial charge on any atom is -0.508 e. The molecule has 1 aromatic heterocycles. The Hall–Kier alpha value is -7.23. The SMILES string of the molecule is CC(C)C[C@H](NC(=O)[C@H](CCC(=O)O)NC(=O)[C@@H]1CCCN1C(=O)[C@H](Cc1ccc(O)cc1)NC(=O)[C@H](Cc1c[nH]c2ccccc12)NC(=O)[C@@H](N)CCCN=C(N)N)C(=O)N[C@@H](C)C(=O)O. The second-order valence-electron chi connectivity index (χ2n) is 17.1. The number of aromatic nitrogens is 1. The van der Waals surface area contributed by atoms with Crippen molar-refractivity contribution in [3.8, 4) is 5.75 Å². The van der Waals surface area contributed by atoms with Crippen molar-refractivity contribution in [2.45, 2.75) is 121 Å². The average molecular weight is 934 g/mol. The molecule has 22 heteroatoms. The highest BCUT2D eigenvalue weighted by molar-refractivity contribution is 5.98. The van der Waals surface area contributed by atoms with E-state index in [9.17, 15) is 53.7 Å². The number of hydrogen-bond donors (Lipinski definition) is 12. The van der Waals surface area contributed by atoms with Crippen LogP contribution in [0.4, 0.5) is 0 Å². The molecule has 1 aliphatic rings. The van der Waals surface area contributed by atoms with Crippen LogP contribution in [0.5, 0.6) is 5.75 Å². The third kappa shape index (κ3) is 16.0. The minimum atomic E-state index is -1.49. The first-order valence-corrected chi connectivity index (χ1v) is 22.1. The van der Waals surface area contributed by atoms with E-state index in [1.165, 1.54) is 24.0 Å². The highest BCUT2D eigenvalue weighted by Gasteiger charge is 2.40. The second kappa shape index (κ2) is 24.9. The lowest BCUT2D eigenvalue weighted by Crippen LogP contribution is -2.60. The van der Waals surface area contributed by atoms with Crippen LogP contribution in [0.3, 0.4) is 0 Å². The number of aliphatic carboxylic acids is 2. The Kier molecular flexibility index (Phi) is 19.5. The number of amides is 6. The van der Waals surface area contributed by atoms with Crippen molar-refractivity contribution >= 4 is 64.2 Å². The number of carbonyl (C=O) groups is 8. The molecule has 3 aromatic rings. The summed E-state index contributed by atoms with van der Waals surface area (Å²) in [4.78, 5) is 115. The number of carboxylic acids is 2. The summed E-state index contributed by atoms with van der Waals surface area (Å²) in [6.07, 6.45) is 1.75. The number of phenols is 1. The number of aliphatic imine (C=N–C) groups is 1. The fourth-order valence-corrected chi connectivity index (χ4v) is 7.66. The number of nitrogens with zero attached hydrogens (tertiary/aromatic N) is 2. The van der Waals surface area contributed by atoms with E-state index in [-0.39, 0.29) is 62.8 Å². The van der Waals surface area contributed by atoms with Crippen LogP contribution in [-0.2, 0) is 51.2 Å². The number of aromatic hydroxyl groups is 1. The lowest BCUT2D eigenvalue weighted by atomic mass is 10.0. The lowest BCUT2D eigenvalue weighted by molar-refractivity contribution is -0.143. The zero-order valence-corrected chi connectivity index (χ0v) is 37.8. The third-order valence-corrected chi connectivity index (χ3v) is 11.2. The number of nitrogens with two attached hydrogens (primary N) is 3. The molecule has 364 valence electrons. The maximum atomic E-state index is 14.7. The van der Waals surface area contributed by atoms with E-state index in [0.717, 1.165) is 10.9 Å². The van der Waals surface area contributed by atoms with Crippen LogP contribution in [0, 0.1) is 5.92 Å². The first kappa shape index (κ1) is 52.4. The smallest absolute Gasteiger partial charge is 0.325 e. The Labute approximate surface area is 387 Å². The molecule has 7 atom stereocenters. The summed E-state index contributed by atoms with van der Waals surface area (Å²) < 4.78 is 0. The summed E-state index contributed by atoms with van der Waals surface area (Å²) in [6.45, 7) is 5.08. The van der Waals surface area contributed by atoms with Crippen LogP contribution in [-0.4, -0.2) is 134 Å². The number of carbonyl (C=O) groups excluding carboxylic acids is 6. The van der Waals surface area contributed by atoms with Gasteiger partial charge in [-0.25, -0.2) is 0 Å². The number of guanidine groups is 1. The van der Waals surface area contributed by atoms with Gasteiger partial charge in [0.25, 0.3) is 0 Å². The molecule has 1 aliphatic heterocycles. The maximum absolute atomic E-state index is 14.7. The van der Waals surface area contributed by atoms with Gasteiger partial charge < -0.3 is 69.0 Å². The van der Waals surface area contributed by atoms with Gasteiger partial charge in [0.2, 0.25) is 35.4 Å². The predicted molar refractivity (Wildman–Crippen MR) is 246 cm³/mol. The van der Waals surface area contributed by atoms with Crippen LogP contribution in [0.25, 0.3) is 10.9 Å². The maximum Gasteiger partial charge on any atom is 0.325 e. The summed E-state index contributed by atoms with van der Waals surface area (Å²) in [5.74, 6) is -7.44. The molecule has 0 aliphatic carbocycles. The lowest BCUT2D eigenvalue weighted by Gasteiger charge is -2.31. The molecule has 15 N–H and O–H groups in total. The fourth-order valence-electron chi connectivity index (χ4n) is 7.66. The number of H-pyrrole nitrogens is 1. The van der Waals surface area contributed by atoms with Gasteiger partial charge >= 0.3 is 11.9 Å². The number of likely N-dealkylation sites (tertiary alicyclic amines) is 1. The molecule has 0 radical (unpaired) electrons. The molecule has 6 amide bonds. The van der Waals surface area contributed by atoms with Gasteiger partial charge in [-0.1, -0.05) is 44.2 Å². The molecule has 0 spiro atoms. The van der Waals surface area contributed by atoms with Gasteiger partial charge in [-0.05, 0) is 80.7 Å². The largest absolute Gasteiger partial charge is 0.508 e. The monoisotopic (exact) mass is 933 g/mol. The van der Waals surface area contributed by atoms with Crippen LogP contribution >= 0.6 is 0 Å². The fraction of sp³-hybridized carbons (Fsp3) is 0.489. The van der Waals surface area contributed by atoms with E-state index in [1.54, 1.807) is 32.2 Å². The van der Waals surface area contributed by atoms with Gasteiger partial charge in [0, 0.05) is 49.5 Å². The van der Waals surface area contributed by atoms with Gasteiger partial charge in [-0.15, -0.1) is 0 Å². The van der Waals surface area contributed by atoms with Crippen molar-refractivity contribution in [2.75, 3.05) is 13.1 Å². The first-order valence-electron chi connectivity index (χ1n) is 22.1. The van der Waals surface area contributed by atoms with Gasteiger partial charge in [0.05, 0.1) is 6.04 Å². The quantitative estimate of drug-likeness (QED) is 0.0289. The summed E-state index contributed by atoms with van der Waals surface area (Å²) in [5, 5.41) is 42.6. The normalized spacial score (nSPS) is 16.1. The molecular weight excluding hydrogens is 871 g/mol. The van der Waals surface area contributed by atoms with Crippen LogP contribution in [0.2, 0.25) is 0 Å². The summed E-state index contributed by atoms with van der Waals surface area (Å²) in [6, 6.07) is 4.46. The highest BCUT2D eigenvalue weighted by Crippen LogP contribution is 2.23. The molecule has 2 aromatic carbocycles. The minimum absolute atomic E-state index is 0.0186. The Morgan fingerprint density at radius 2 is 1.43 bits per heavy atom.